The Bertz CT molecular complexity index is 550. The fourth-order valence-corrected chi connectivity index (χ4v) is 3.01. The van der Waals surface area contributed by atoms with E-state index in [9.17, 15) is 9.90 Å². The molecule has 6 nitrogen and oxygen atoms in total. The van der Waals surface area contributed by atoms with Crippen LogP contribution in [0.4, 0.5) is 4.79 Å². The van der Waals surface area contributed by atoms with E-state index >= 15 is 0 Å². The number of aromatic nitrogens is 1. The number of ether oxygens (including phenoxy) is 1. The van der Waals surface area contributed by atoms with Crippen LogP contribution in [-0.2, 0) is 4.74 Å². The van der Waals surface area contributed by atoms with Crippen LogP contribution in [0.25, 0.3) is 5.76 Å². The summed E-state index contributed by atoms with van der Waals surface area (Å²) < 4.78 is 6.15. The lowest BCUT2D eigenvalue weighted by Crippen LogP contribution is -2.50. The molecule has 1 spiro atoms. The van der Waals surface area contributed by atoms with Crippen molar-refractivity contribution in [1.82, 2.24) is 9.88 Å². The standard InChI is InChI=1S/C15H18N2O4/c18-12-9-13(11-1-5-16-6-2-11)21-15(10-12)3-7-17(8-4-15)14(19)20/h1-2,5-6,9,12,18H,3-4,7-8,10H2,(H,19,20). The van der Waals surface area contributed by atoms with Crippen LogP contribution in [0.1, 0.15) is 24.8 Å². The van der Waals surface area contributed by atoms with Gasteiger partial charge in [0.25, 0.3) is 0 Å². The summed E-state index contributed by atoms with van der Waals surface area (Å²) in [5.41, 5.74) is 0.405. The third-order valence-corrected chi connectivity index (χ3v) is 4.16. The zero-order valence-electron chi connectivity index (χ0n) is 11.6. The van der Waals surface area contributed by atoms with Gasteiger partial charge in [0.15, 0.2) is 0 Å². The molecule has 6 heteroatoms. The second kappa shape index (κ2) is 5.37. The molecule has 2 N–H and O–H groups in total. The molecule has 1 saturated heterocycles. The molecule has 21 heavy (non-hydrogen) atoms. The van der Waals surface area contributed by atoms with E-state index in [1.807, 2.05) is 12.1 Å². The smallest absolute Gasteiger partial charge is 0.407 e. The minimum absolute atomic E-state index is 0.436. The maximum Gasteiger partial charge on any atom is 0.407 e. The van der Waals surface area contributed by atoms with Gasteiger partial charge in [-0.15, -0.1) is 0 Å². The van der Waals surface area contributed by atoms with Crippen LogP contribution in [0.3, 0.4) is 0 Å². The first-order chi connectivity index (χ1) is 10.1. The van der Waals surface area contributed by atoms with E-state index in [0.717, 1.165) is 5.56 Å². The number of pyridine rings is 1. The quantitative estimate of drug-likeness (QED) is 0.823. The molecule has 3 heterocycles. The van der Waals surface area contributed by atoms with Crippen molar-refractivity contribution >= 4 is 11.9 Å². The van der Waals surface area contributed by atoms with E-state index in [0.29, 0.717) is 38.1 Å². The minimum atomic E-state index is -0.897. The highest BCUT2D eigenvalue weighted by Gasteiger charge is 2.42. The normalized spacial score (nSPS) is 24.3. The van der Waals surface area contributed by atoms with Gasteiger partial charge in [0.1, 0.15) is 11.4 Å². The van der Waals surface area contributed by atoms with Crippen molar-refractivity contribution in [3.63, 3.8) is 0 Å². The van der Waals surface area contributed by atoms with E-state index in [2.05, 4.69) is 4.98 Å². The molecule has 0 bridgehead atoms. The van der Waals surface area contributed by atoms with Crippen LogP contribution in [0.15, 0.2) is 30.6 Å². The highest BCUT2D eigenvalue weighted by atomic mass is 16.5. The molecule has 0 saturated carbocycles. The first kappa shape index (κ1) is 13.9. The predicted molar refractivity (Wildman–Crippen MR) is 75.5 cm³/mol. The zero-order chi connectivity index (χ0) is 14.9. The number of amides is 1. The van der Waals surface area contributed by atoms with Gasteiger partial charge in [-0.1, -0.05) is 0 Å². The summed E-state index contributed by atoms with van der Waals surface area (Å²) in [6, 6.07) is 3.67. The predicted octanol–water partition coefficient (Wildman–Crippen LogP) is 1.72. The number of hydrogen-bond donors (Lipinski definition) is 2. The van der Waals surface area contributed by atoms with Crippen LogP contribution in [-0.4, -0.2) is 51.0 Å². The second-order valence-corrected chi connectivity index (χ2v) is 5.59. The Morgan fingerprint density at radius 3 is 2.62 bits per heavy atom. The van der Waals surface area contributed by atoms with Gasteiger partial charge in [-0.05, 0) is 18.2 Å². The average Bonchev–Trinajstić information content (AvgIpc) is 2.48. The molecule has 1 atom stereocenters. The average molecular weight is 290 g/mol. The van der Waals surface area contributed by atoms with Crippen LogP contribution in [0.2, 0.25) is 0 Å². The Kier molecular flexibility index (Phi) is 3.55. The molecule has 1 fully saturated rings. The largest absolute Gasteiger partial charge is 0.487 e. The van der Waals surface area contributed by atoms with Gasteiger partial charge in [-0.3, -0.25) is 4.98 Å². The van der Waals surface area contributed by atoms with Crippen molar-refractivity contribution in [3.8, 4) is 0 Å². The van der Waals surface area contributed by atoms with E-state index in [-0.39, 0.29) is 0 Å². The molecule has 112 valence electrons. The van der Waals surface area contributed by atoms with E-state index in [1.165, 1.54) is 4.90 Å². The summed E-state index contributed by atoms with van der Waals surface area (Å²) >= 11 is 0. The molecular formula is C15H18N2O4. The number of piperidine rings is 1. The lowest BCUT2D eigenvalue weighted by Gasteiger charge is -2.44. The summed E-state index contributed by atoms with van der Waals surface area (Å²) in [5.74, 6) is 0.653. The Morgan fingerprint density at radius 2 is 2.00 bits per heavy atom. The maximum atomic E-state index is 11.0. The Hall–Kier alpha value is -2.08. The van der Waals surface area contributed by atoms with Crippen molar-refractivity contribution in [1.29, 1.82) is 0 Å². The topological polar surface area (TPSA) is 82.9 Å². The van der Waals surface area contributed by atoms with E-state index in [1.54, 1.807) is 18.5 Å². The zero-order valence-corrected chi connectivity index (χ0v) is 11.6. The van der Waals surface area contributed by atoms with Crippen molar-refractivity contribution in [2.45, 2.75) is 31.0 Å². The molecule has 1 aromatic rings. The summed E-state index contributed by atoms with van der Waals surface area (Å²) in [4.78, 5) is 16.4. The van der Waals surface area contributed by atoms with Crippen LogP contribution < -0.4 is 0 Å². The van der Waals surface area contributed by atoms with Gasteiger partial charge in [0.2, 0.25) is 0 Å². The SMILES string of the molecule is O=C(O)N1CCC2(CC1)CC(O)C=C(c1ccncc1)O2. The molecule has 2 aliphatic heterocycles. The Balaban J connectivity index is 1.78. The summed E-state index contributed by atoms with van der Waals surface area (Å²) in [5, 5.41) is 19.2. The monoisotopic (exact) mass is 290 g/mol. The number of aliphatic hydroxyl groups excluding tert-OH is 1. The van der Waals surface area contributed by atoms with Gasteiger partial charge in [-0.2, -0.15) is 0 Å². The van der Waals surface area contributed by atoms with Crippen LogP contribution >= 0.6 is 0 Å². The van der Waals surface area contributed by atoms with Crippen LogP contribution in [0, 0.1) is 0 Å². The minimum Gasteiger partial charge on any atom is -0.487 e. The van der Waals surface area contributed by atoms with Gasteiger partial charge < -0.3 is 19.8 Å². The van der Waals surface area contributed by atoms with Gasteiger partial charge in [0, 0.05) is 50.3 Å². The molecule has 0 aliphatic carbocycles. The number of nitrogens with zero attached hydrogens (tertiary/aromatic N) is 2. The third kappa shape index (κ3) is 2.85. The number of aliphatic hydroxyl groups is 1. The fraction of sp³-hybridized carbons (Fsp3) is 0.467. The van der Waals surface area contributed by atoms with Gasteiger partial charge in [-0.25, -0.2) is 4.79 Å². The molecule has 2 aliphatic rings. The molecule has 0 radical (unpaired) electrons. The number of rotatable bonds is 1. The first-order valence-electron chi connectivity index (χ1n) is 7.05. The Morgan fingerprint density at radius 1 is 1.33 bits per heavy atom. The summed E-state index contributed by atoms with van der Waals surface area (Å²) in [6.45, 7) is 0.872. The lowest BCUT2D eigenvalue weighted by atomic mass is 9.83. The third-order valence-electron chi connectivity index (χ3n) is 4.16. The van der Waals surface area contributed by atoms with Gasteiger partial charge >= 0.3 is 6.09 Å². The van der Waals surface area contributed by atoms with Crippen molar-refractivity contribution in [2.75, 3.05) is 13.1 Å². The first-order valence-corrected chi connectivity index (χ1v) is 7.05. The highest BCUT2D eigenvalue weighted by molar-refractivity contribution is 5.65. The fourth-order valence-electron chi connectivity index (χ4n) is 3.01. The molecule has 1 unspecified atom stereocenters. The van der Waals surface area contributed by atoms with Crippen molar-refractivity contribution in [3.05, 3.63) is 36.2 Å². The number of carbonyl (C=O) groups is 1. The molecule has 3 rings (SSSR count). The summed E-state index contributed by atoms with van der Waals surface area (Å²) in [6.07, 6.45) is 5.31. The number of hydrogen-bond acceptors (Lipinski definition) is 4. The molecule has 1 amide bonds. The Labute approximate surface area is 122 Å². The molecule has 1 aromatic heterocycles. The van der Waals surface area contributed by atoms with Crippen molar-refractivity contribution < 1.29 is 19.7 Å². The van der Waals surface area contributed by atoms with Crippen LogP contribution in [0.5, 0.6) is 0 Å². The summed E-state index contributed by atoms with van der Waals surface area (Å²) in [7, 11) is 0. The number of likely N-dealkylation sites (tertiary alicyclic amines) is 1. The van der Waals surface area contributed by atoms with Crippen molar-refractivity contribution in [2.24, 2.45) is 0 Å². The van der Waals surface area contributed by atoms with E-state index < -0.39 is 17.8 Å². The number of carboxylic acid groups (broad SMARTS) is 1. The molecule has 0 aromatic carbocycles. The second-order valence-electron chi connectivity index (χ2n) is 5.59. The van der Waals surface area contributed by atoms with E-state index in [4.69, 9.17) is 9.84 Å². The van der Waals surface area contributed by atoms with Gasteiger partial charge in [0.05, 0.1) is 6.10 Å². The molecular weight excluding hydrogens is 272 g/mol. The lowest BCUT2D eigenvalue weighted by molar-refractivity contribution is -0.0534. The highest BCUT2D eigenvalue weighted by Crippen LogP contribution is 2.39. The maximum absolute atomic E-state index is 11.0.